The number of para-hydroxylation sites is 1. The zero-order chi connectivity index (χ0) is 26.4. The molecule has 0 amide bonds. The summed E-state index contributed by atoms with van der Waals surface area (Å²) in [7, 11) is -8.27. The molecule has 0 aliphatic heterocycles. The highest BCUT2D eigenvalue weighted by atomic mass is 35.5. The highest BCUT2D eigenvalue weighted by Crippen LogP contribution is 2.31. The number of halogens is 1. The van der Waals surface area contributed by atoms with Gasteiger partial charge in [0.25, 0.3) is 20.0 Å². The van der Waals surface area contributed by atoms with E-state index in [0.29, 0.717) is 16.7 Å². The Labute approximate surface area is 218 Å². The maximum atomic E-state index is 13.1. The standard InChI is InChI=1S/C25H21ClN4O5S2/c1-16-13-17(2)30(27-16)20-8-10-21(11-9-20)36(31,32)28-22-12-7-19(26)15-23(22)29-37(33,34)25-14-18-5-3-4-6-24(18)35-25/h3-15,28-29H,1-2H3. The van der Waals surface area contributed by atoms with Gasteiger partial charge in [-0.3, -0.25) is 9.44 Å². The number of hydrogen-bond acceptors (Lipinski definition) is 6. The van der Waals surface area contributed by atoms with Gasteiger partial charge in [-0.2, -0.15) is 13.5 Å². The molecule has 0 bridgehead atoms. The van der Waals surface area contributed by atoms with E-state index in [2.05, 4.69) is 14.5 Å². The monoisotopic (exact) mass is 556 g/mol. The van der Waals surface area contributed by atoms with Crippen molar-refractivity contribution < 1.29 is 21.3 Å². The maximum absolute atomic E-state index is 13.1. The molecule has 0 saturated carbocycles. The number of anilines is 2. The molecule has 0 saturated heterocycles. The summed E-state index contributed by atoms with van der Waals surface area (Å²) >= 11 is 6.09. The van der Waals surface area contributed by atoms with E-state index in [-0.39, 0.29) is 26.4 Å². The van der Waals surface area contributed by atoms with E-state index >= 15 is 0 Å². The van der Waals surface area contributed by atoms with E-state index in [1.165, 1.54) is 36.4 Å². The van der Waals surface area contributed by atoms with Crippen molar-refractivity contribution in [3.8, 4) is 5.69 Å². The van der Waals surface area contributed by atoms with Crippen LogP contribution in [0.5, 0.6) is 0 Å². The number of aromatic nitrogens is 2. The Kier molecular flexibility index (Phi) is 6.22. The third-order valence-corrected chi connectivity index (χ3v) is 8.38. The Morgan fingerprint density at radius 3 is 2.19 bits per heavy atom. The van der Waals surface area contributed by atoms with Gasteiger partial charge in [-0.1, -0.05) is 29.8 Å². The molecule has 0 fully saturated rings. The predicted octanol–water partition coefficient (Wildman–Crippen LogP) is 5.49. The first kappa shape index (κ1) is 24.9. The number of nitrogens with one attached hydrogen (secondary N) is 2. The summed E-state index contributed by atoms with van der Waals surface area (Å²) in [6, 6.07) is 20.5. The Morgan fingerprint density at radius 2 is 1.51 bits per heavy atom. The fourth-order valence-corrected chi connectivity index (χ4v) is 6.13. The normalized spacial score (nSPS) is 12.1. The number of hydrogen-bond donors (Lipinski definition) is 2. The van der Waals surface area contributed by atoms with Gasteiger partial charge in [-0.25, -0.2) is 13.1 Å². The third-order valence-electron chi connectivity index (χ3n) is 5.54. The summed E-state index contributed by atoms with van der Waals surface area (Å²) in [6.45, 7) is 3.78. The zero-order valence-corrected chi connectivity index (χ0v) is 22.0. The molecule has 12 heteroatoms. The van der Waals surface area contributed by atoms with Crippen molar-refractivity contribution in [2.24, 2.45) is 0 Å². The molecule has 9 nitrogen and oxygen atoms in total. The van der Waals surface area contributed by atoms with Gasteiger partial charge < -0.3 is 4.42 Å². The number of aryl methyl sites for hydroxylation is 2. The van der Waals surface area contributed by atoms with Crippen LogP contribution in [0, 0.1) is 13.8 Å². The minimum atomic E-state index is -4.19. The van der Waals surface area contributed by atoms with Gasteiger partial charge >= 0.3 is 0 Å². The topological polar surface area (TPSA) is 123 Å². The molecule has 190 valence electrons. The van der Waals surface area contributed by atoms with Gasteiger partial charge in [0.15, 0.2) is 0 Å². The largest absolute Gasteiger partial charge is 0.443 e. The van der Waals surface area contributed by atoms with Crippen molar-refractivity contribution in [1.82, 2.24) is 9.78 Å². The molecule has 2 N–H and O–H groups in total. The van der Waals surface area contributed by atoms with Crippen LogP contribution in [0.15, 0.2) is 93.3 Å². The first-order valence-corrected chi connectivity index (χ1v) is 14.3. The van der Waals surface area contributed by atoms with Crippen LogP contribution in [0.1, 0.15) is 11.4 Å². The Bertz CT molecular complexity index is 1810. The average Bonchev–Trinajstić information content (AvgIpc) is 3.44. The lowest BCUT2D eigenvalue weighted by atomic mass is 10.3. The molecule has 37 heavy (non-hydrogen) atoms. The van der Waals surface area contributed by atoms with Crippen LogP contribution < -0.4 is 9.44 Å². The quantitative estimate of drug-likeness (QED) is 0.273. The van der Waals surface area contributed by atoms with E-state index in [1.54, 1.807) is 41.1 Å². The van der Waals surface area contributed by atoms with Gasteiger partial charge in [0, 0.05) is 22.2 Å². The van der Waals surface area contributed by atoms with Crippen LogP contribution in [-0.4, -0.2) is 26.6 Å². The second kappa shape index (κ2) is 9.25. The van der Waals surface area contributed by atoms with Gasteiger partial charge in [0.2, 0.25) is 5.09 Å². The summed E-state index contributed by atoms with van der Waals surface area (Å²) in [5.74, 6) is 0. The maximum Gasteiger partial charge on any atom is 0.295 e. The lowest BCUT2D eigenvalue weighted by Crippen LogP contribution is -2.17. The molecule has 0 aliphatic rings. The fraction of sp³-hybridized carbons (Fsp3) is 0.0800. The first-order valence-electron chi connectivity index (χ1n) is 11.0. The van der Waals surface area contributed by atoms with Crippen molar-refractivity contribution in [2.45, 2.75) is 23.8 Å². The van der Waals surface area contributed by atoms with Crippen molar-refractivity contribution in [3.63, 3.8) is 0 Å². The van der Waals surface area contributed by atoms with Gasteiger partial charge in [0.1, 0.15) is 5.58 Å². The smallest absolute Gasteiger partial charge is 0.295 e. The number of furan rings is 1. The van der Waals surface area contributed by atoms with Gasteiger partial charge in [0.05, 0.1) is 27.7 Å². The average molecular weight is 557 g/mol. The Morgan fingerprint density at radius 1 is 0.811 bits per heavy atom. The molecule has 0 aliphatic carbocycles. The van der Waals surface area contributed by atoms with Crippen molar-refractivity contribution in [3.05, 3.63) is 95.3 Å². The van der Waals surface area contributed by atoms with Crippen molar-refractivity contribution in [2.75, 3.05) is 9.44 Å². The molecule has 3 aromatic carbocycles. The predicted molar refractivity (Wildman–Crippen MR) is 142 cm³/mol. The van der Waals surface area contributed by atoms with E-state index in [4.69, 9.17) is 16.0 Å². The summed E-state index contributed by atoms with van der Waals surface area (Å²) < 4.78 is 64.4. The third kappa shape index (κ3) is 5.06. The van der Waals surface area contributed by atoms with Crippen LogP contribution in [0.3, 0.4) is 0 Å². The van der Waals surface area contributed by atoms with Crippen LogP contribution in [0.4, 0.5) is 11.4 Å². The lowest BCUT2D eigenvalue weighted by molar-refractivity contribution is 0.484. The van der Waals surface area contributed by atoms with Crippen LogP contribution >= 0.6 is 11.6 Å². The number of nitrogens with zero attached hydrogens (tertiary/aromatic N) is 2. The van der Waals surface area contributed by atoms with Gasteiger partial charge in [-0.15, -0.1) is 0 Å². The number of fused-ring (bicyclic) bond motifs is 1. The van der Waals surface area contributed by atoms with Crippen LogP contribution in [0.2, 0.25) is 5.02 Å². The molecular formula is C25H21ClN4O5S2. The van der Waals surface area contributed by atoms with Crippen LogP contribution in [-0.2, 0) is 20.0 Å². The molecule has 0 radical (unpaired) electrons. The van der Waals surface area contributed by atoms with E-state index in [9.17, 15) is 16.8 Å². The second-order valence-electron chi connectivity index (χ2n) is 8.34. The minimum absolute atomic E-state index is 0.00768. The highest BCUT2D eigenvalue weighted by Gasteiger charge is 2.23. The van der Waals surface area contributed by atoms with Gasteiger partial charge in [-0.05, 0) is 68.4 Å². The molecule has 2 aromatic heterocycles. The first-order chi connectivity index (χ1) is 17.5. The molecule has 2 heterocycles. The Hall–Kier alpha value is -3.80. The lowest BCUT2D eigenvalue weighted by Gasteiger charge is -2.14. The van der Waals surface area contributed by atoms with Crippen LogP contribution in [0.25, 0.3) is 16.7 Å². The molecule has 0 atom stereocenters. The Balaban J connectivity index is 1.43. The number of benzene rings is 3. The SMILES string of the molecule is Cc1cc(C)n(-c2ccc(S(=O)(=O)Nc3ccc(Cl)cc3NS(=O)(=O)c3cc4ccccc4o3)cc2)n1. The van der Waals surface area contributed by atoms with E-state index < -0.39 is 20.0 Å². The molecule has 0 unspecified atom stereocenters. The van der Waals surface area contributed by atoms with E-state index in [0.717, 1.165) is 11.4 Å². The fourth-order valence-electron chi connectivity index (χ4n) is 3.84. The number of rotatable bonds is 7. The van der Waals surface area contributed by atoms with Crippen molar-refractivity contribution in [1.29, 1.82) is 0 Å². The highest BCUT2D eigenvalue weighted by molar-refractivity contribution is 7.93. The summed E-state index contributed by atoms with van der Waals surface area (Å²) in [5.41, 5.74) is 2.79. The van der Waals surface area contributed by atoms with E-state index in [1.807, 2.05) is 19.9 Å². The zero-order valence-electron chi connectivity index (χ0n) is 19.6. The second-order valence-corrected chi connectivity index (χ2v) is 12.1. The summed E-state index contributed by atoms with van der Waals surface area (Å²) in [5, 5.41) is 4.90. The number of sulfonamides is 2. The molecule has 5 rings (SSSR count). The molecule has 5 aromatic rings. The van der Waals surface area contributed by atoms with Crippen molar-refractivity contribution >= 4 is 54.0 Å². The summed E-state index contributed by atoms with van der Waals surface area (Å²) in [4.78, 5) is -0.0150. The molecular weight excluding hydrogens is 536 g/mol. The summed E-state index contributed by atoms with van der Waals surface area (Å²) in [6.07, 6.45) is 0. The molecule has 0 spiro atoms. The minimum Gasteiger partial charge on any atom is -0.443 e.